The Bertz CT molecular complexity index is 502. The van der Waals surface area contributed by atoms with Gasteiger partial charge in [-0.2, -0.15) is 0 Å². The van der Waals surface area contributed by atoms with Gasteiger partial charge in [-0.15, -0.1) is 6.58 Å². The number of hydrogen-bond acceptors (Lipinski definition) is 2. The van der Waals surface area contributed by atoms with Crippen LogP contribution in [0.1, 0.15) is 39.1 Å². The van der Waals surface area contributed by atoms with Crippen LogP contribution in [0.3, 0.4) is 0 Å². The molecule has 1 aliphatic rings. The van der Waals surface area contributed by atoms with Crippen molar-refractivity contribution in [3.05, 3.63) is 46.9 Å². The van der Waals surface area contributed by atoms with E-state index in [9.17, 15) is 5.11 Å². The van der Waals surface area contributed by atoms with Crippen LogP contribution in [0.4, 0.5) is 0 Å². The highest BCUT2D eigenvalue weighted by atomic mass is 79.9. The second kappa shape index (κ2) is 4.39. The van der Waals surface area contributed by atoms with Crippen molar-refractivity contribution in [2.75, 3.05) is 0 Å². The summed E-state index contributed by atoms with van der Waals surface area (Å²) in [6.45, 7) is 10.2. The monoisotopic (exact) mass is 310 g/mol. The van der Waals surface area contributed by atoms with Gasteiger partial charge in [-0.05, 0) is 35.3 Å². The summed E-state index contributed by atoms with van der Waals surface area (Å²) in [5.41, 5.74) is 0.624. The smallest absolute Gasteiger partial charge is 0.147 e. The molecule has 0 aliphatic heterocycles. The minimum atomic E-state index is -0.691. The van der Waals surface area contributed by atoms with E-state index in [-0.39, 0.29) is 5.41 Å². The molecule has 3 heteroatoms. The summed E-state index contributed by atoms with van der Waals surface area (Å²) in [5, 5.41) is 10.8. The third-order valence-electron chi connectivity index (χ3n) is 4.73. The maximum absolute atomic E-state index is 10.8. The van der Waals surface area contributed by atoms with Gasteiger partial charge < -0.3 is 9.52 Å². The molecule has 0 amide bonds. The molecule has 0 unspecified atom stereocenters. The standard InChI is InChI=1S/C15H19BrO2/c1-5-14(3)8-6-10(2)15(14,4)13(17)12-11(16)7-9-18-12/h5-7,9,13,17H,1,8H2,2-4H3/t13-,14-,15-/m1/s1. The molecule has 3 atom stereocenters. The molecule has 18 heavy (non-hydrogen) atoms. The van der Waals surface area contributed by atoms with E-state index >= 15 is 0 Å². The van der Waals surface area contributed by atoms with E-state index in [0.29, 0.717) is 5.76 Å². The van der Waals surface area contributed by atoms with Crippen molar-refractivity contribution >= 4 is 15.9 Å². The van der Waals surface area contributed by atoms with Crippen LogP contribution in [-0.4, -0.2) is 5.11 Å². The van der Waals surface area contributed by atoms with E-state index < -0.39 is 11.5 Å². The number of halogens is 1. The molecule has 1 aromatic heterocycles. The molecule has 0 aromatic carbocycles. The lowest BCUT2D eigenvalue weighted by atomic mass is 9.61. The van der Waals surface area contributed by atoms with Crippen LogP contribution < -0.4 is 0 Å². The minimum Gasteiger partial charge on any atom is -0.465 e. The topological polar surface area (TPSA) is 33.4 Å². The van der Waals surface area contributed by atoms with Gasteiger partial charge in [0.1, 0.15) is 11.9 Å². The van der Waals surface area contributed by atoms with Crippen LogP contribution in [-0.2, 0) is 0 Å². The van der Waals surface area contributed by atoms with Crippen molar-refractivity contribution < 1.29 is 9.52 Å². The molecule has 0 bridgehead atoms. The molecule has 1 aromatic rings. The van der Waals surface area contributed by atoms with E-state index in [1.807, 2.05) is 6.08 Å². The Morgan fingerprint density at radius 3 is 2.72 bits per heavy atom. The summed E-state index contributed by atoms with van der Waals surface area (Å²) in [6.07, 6.45) is 5.92. The largest absolute Gasteiger partial charge is 0.465 e. The van der Waals surface area contributed by atoms with E-state index in [0.717, 1.165) is 10.9 Å². The predicted molar refractivity (Wildman–Crippen MR) is 76.2 cm³/mol. The van der Waals surface area contributed by atoms with E-state index in [1.165, 1.54) is 5.57 Å². The molecule has 0 fully saturated rings. The first-order valence-corrected chi connectivity index (χ1v) is 6.88. The van der Waals surface area contributed by atoms with Gasteiger partial charge in [0, 0.05) is 10.8 Å². The van der Waals surface area contributed by atoms with E-state index in [2.05, 4.69) is 49.4 Å². The van der Waals surface area contributed by atoms with Crippen molar-refractivity contribution in [3.8, 4) is 0 Å². The fourth-order valence-corrected chi connectivity index (χ4v) is 3.24. The third kappa shape index (κ3) is 1.64. The van der Waals surface area contributed by atoms with Crippen LogP contribution in [0.15, 0.2) is 45.5 Å². The van der Waals surface area contributed by atoms with Gasteiger partial charge in [-0.3, -0.25) is 0 Å². The van der Waals surface area contributed by atoms with Crippen LogP contribution in [0.2, 0.25) is 0 Å². The van der Waals surface area contributed by atoms with Crippen molar-refractivity contribution in [3.63, 3.8) is 0 Å². The zero-order valence-electron chi connectivity index (χ0n) is 11.0. The SMILES string of the molecule is C=C[C@]1(C)CC=C(C)[C@]1(C)[C@H](O)c1occc1Br. The van der Waals surface area contributed by atoms with Gasteiger partial charge >= 0.3 is 0 Å². The van der Waals surface area contributed by atoms with Crippen LogP contribution in [0.5, 0.6) is 0 Å². The first-order chi connectivity index (χ1) is 8.37. The second-order valence-electron chi connectivity index (χ2n) is 5.45. The Balaban J connectivity index is 2.50. The van der Waals surface area contributed by atoms with Gasteiger partial charge in [0.05, 0.1) is 10.7 Å². The molecule has 2 rings (SSSR count). The normalized spacial score (nSPS) is 33.3. The highest BCUT2D eigenvalue weighted by Gasteiger charge is 2.53. The Hall–Kier alpha value is -0.800. The van der Waals surface area contributed by atoms with Gasteiger partial charge in [0.15, 0.2) is 0 Å². The maximum atomic E-state index is 10.8. The summed E-state index contributed by atoms with van der Waals surface area (Å²) in [5.74, 6) is 0.584. The second-order valence-corrected chi connectivity index (χ2v) is 6.30. The van der Waals surface area contributed by atoms with Crippen LogP contribution >= 0.6 is 15.9 Å². The van der Waals surface area contributed by atoms with Gasteiger partial charge in [0.2, 0.25) is 0 Å². The predicted octanol–water partition coefficient (Wildman–Crippen LogP) is 4.62. The average Bonchev–Trinajstić information content (AvgIpc) is 2.87. The minimum absolute atomic E-state index is 0.164. The van der Waals surface area contributed by atoms with Gasteiger partial charge in [0.25, 0.3) is 0 Å². The number of rotatable bonds is 3. The van der Waals surface area contributed by atoms with Crippen molar-refractivity contribution in [2.24, 2.45) is 10.8 Å². The lowest BCUT2D eigenvalue weighted by Crippen LogP contribution is -2.38. The highest BCUT2D eigenvalue weighted by Crippen LogP contribution is 2.60. The molecule has 0 saturated heterocycles. The number of furan rings is 1. The van der Waals surface area contributed by atoms with E-state index in [1.54, 1.807) is 12.3 Å². The van der Waals surface area contributed by atoms with Gasteiger partial charge in [-0.25, -0.2) is 0 Å². The fraction of sp³-hybridized carbons (Fsp3) is 0.467. The Kier molecular flexibility index (Phi) is 3.32. The summed E-state index contributed by atoms with van der Waals surface area (Å²) >= 11 is 3.42. The van der Waals surface area contributed by atoms with E-state index in [4.69, 9.17) is 4.42 Å². The summed E-state index contributed by atoms with van der Waals surface area (Å²) in [7, 11) is 0. The van der Waals surface area contributed by atoms with Crippen molar-refractivity contribution in [1.82, 2.24) is 0 Å². The molecule has 1 N–H and O–H groups in total. The molecule has 2 nitrogen and oxygen atoms in total. The van der Waals surface area contributed by atoms with Gasteiger partial charge in [-0.1, -0.05) is 31.6 Å². The molecule has 0 spiro atoms. The quantitative estimate of drug-likeness (QED) is 0.826. The number of allylic oxidation sites excluding steroid dienone is 2. The lowest BCUT2D eigenvalue weighted by Gasteiger charge is -2.43. The first-order valence-electron chi connectivity index (χ1n) is 6.08. The van der Waals surface area contributed by atoms with Crippen molar-refractivity contribution in [2.45, 2.75) is 33.3 Å². The maximum Gasteiger partial charge on any atom is 0.147 e. The number of hydrogen-bond donors (Lipinski definition) is 1. The van der Waals surface area contributed by atoms with Crippen molar-refractivity contribution in [1.29, 1.82) is 0 Å². The average molecular weight is 311 g/mol. The molecule has 1 heterocycles. The van der Waals surface area contributed by atoms with Crippen LogP contribution in [0, 0.1) is 10.8 Å². The number of aliphatic hydroxyl groups is 1. The zero-order chi connectivity index (χ0) is 13.6. The lowest BCUT2D eigenvalue weighted by molar-refractivity contribution is -0.0121. The first kappa shape index (κ1) is 13.6. The van der Waals surface area contributed by atoms with Crippen LogP contribution in [0.25, 0.3) is 0 Å². The molecular formula is C15H19BrO2. The summed E-state index contributed by atoms with van der Waals surface area (Å²) in [6, 6.07) is 1.81. The Morgan fingerprint density at radius 1 is 1.56 bits per heavy atom. The summed E-state index contributed by atoms with van der Waals surface area (Å²) < 4.78 is 6.24. The third-order valence-corrected chi connectivity index (χ3v) is 5.38. The molecule has 0 radical (unpaired) electrons. The molecule has 0 saturated carbocycles. The molecule has 1 aliphatic carbocycles. The molecule has 98 valence electrons. The molecular weight excluding hydrogens is 292 g/mol. The summed E-state index contributed by atoms with van der Waals surface area (Å²) in [4.78, 5) is 0. The Labute approximate surface area is 117 Å². The zero-order valence-corrected chi connectivity index (χ0v) is 12.6. The fourth-order valence-electron chi connectivity index (χ4n) is 2.83. The Morgan fingerprint density at radius 2 is 2.22 bits per heavy atom. The number of aliphatic hydroxyl groups excluding tert-OH is 1. The highest BCUT2D eigenvalue weighted by molar-refractivity contribution is 9.10.